The third-order valence-electron chi connectivity index (χ3n) is 2.25. The van der Waals surface area contributed by atoms with Gasteiger partial charge in [-0.05, 0) is 30.7 Å². The number of hydrogen-bond acceptors (Lipinski definition) is 3. The van der Waals surface area contributed by atoms with Crippen molar-refractivity contribution in [1.29, 1.82) is 0 Å². The molecule has 0 aliphatic rings. The van der Waals surface area contributed by atoms with Crippen molar-refractivity contribution < 1.29 is 23.4 Å². The Bertz CT molecular complexity index is 366. The lowest BCUT2D eigenvalue weighted by Gasteiger charge is -2.20. The molecule has 1 aromatic rings. The van der Waals surface area contributed by atoms with Gasteiger partial charge in [-0.2, -0.15) is 13.2 Å². The lowest BCUT2D eigenvalue weighted by Crippen LogP contribution is -2.23. The minimum atomic E-state index is -4.41. The summed E-state index contributed by atoms with van der Waals surface area (Å²) in [4.78, 5) is 0. The number of phenolic OH excluding ortho intramolecular Hbond substituents is 2. The van der Waals surface area contributed by atoms with E-state index < -0.39 is 23.6 Å². The predicted molar refractivity (Wildman–Crippen MR) is 52.2 cm³/mol. The molecule has 0 bridgehead atoms. The van der Waals surface area contributed by atoms with Crippen molar-refractivity contribution in [2.45, 2.75) is 18.5 Å². The molecule has 1 unspecified atom stereocenters. The van der Waals surface area contributed by atoms with Crippen molar-refractivity contribution in [2.24, 2.45) is 5.73 Å². The fourth-order valence-corrected chi connectivity index (χ4v) is 1.44. The summed E-state index contributed by atoms with van der Waals surface area (Å²) in [7, 11) is 0. The first kappa shape index (κ1) is 12.6. The van der Waals surface area contributed by atoms with E-state index in [1.165, 1.54) is 0 Å². The maximum absolute atomic E-state index is 12.6. The van der Waals surface area contributed by atoms with E-state index in [1.54, 1.807) is 0 Å². The van der Waals surface area contributed by atoms with E-state index in [4.69, 9.17) is 15.9 Å². The van der Waals surface area contributed by atoms with Gasteiger partial charge in [0.25, 0.3) is 0 Å². The molecule has 0 spiro atoms. The van der Waals surface area contributed by atoms with E-state index >= 15 is 0 Å². The molecule has 1 rings (SSSR count). The zero-order valence-corrected chi connectivity index (χ0v) is 8.33. The first-order valence-corrected chi connectivity index (χ1v) is 4.65. The largest absolute Gasteiger partial charge is 0.504 e. The number of nitrogens with two attached hydrogens (primary N) is 1. The molecule has 16 heavy (non-hydrogen) atoms. The standard InChI is InChI=1S/C10H12F3NO2/c11-10(12,13)7(3-4-14)6-1-2-8(15)9(16)5-6/h1-2,5,7,15-16H,3-4,14H2. The highest BCUT2D eigenvalue weighted by Crippen LogP contribution is 2.39. The maximum Gasteiger partial charge on any atom is 0.395 e. The third kappa shape index (κ3) is 2.79. The average molecular weight is 235 g/mol. The van der Waals surface area contributed by atoms with Gasteiger partial charge < -0.3 is 15.9 Å². The fraction of sp³-hybridized carbons (Fsp3) is 0.400. The Kier molecular flexibility index (Phi) is 3.64. The molecule has 3 nitrogen and oxygen atoms in total. The van der Waals surface area contributed by atoms with Gasteiger partial charge in [-0.25, -0.2) is 0 Å². The van der Waals surface area contributed by atoms with Gasteiger partial charge in [0.1, 0.15) is 0 Å². The zero-order valence-electron chi connectivity index (χ0n) is 8.33. The first-order chi connectivity index (χ1) is 7.36. The number of alkyl halides is 3. The quantitative estimate of drug-likeness (QED) is 0.703. The van der Waals surface area contributed by atoms with Crippen molar-refractivity contribution in [1.82, 2.24) is 0 Å². The molecule has 6 heteroatoms. The Morgan fingerprint density at radius 3 is 2.25 bits per heavy atom. The smallest absolute Gasteiger partial charge is 0.395 e. The van der Waals surface area contributed by atoms with E-state index in [0.29, 0.717) is 0 Å². The van der Waals surface area contributed by atoms with Crippen LogP contribution in [0.4, 0.5) is 13.2 Å². The lowest BCUT2D eigenvalue weighted by atomic mass is 9.95. The molecule has 0 aliphatic heterocycles. The molecule has 0 saturated heterocycles. The van der Waals surface area contributed by atoms with E-state index in [9.17, 15) is 13.2 Å². The van der Waals surface area contributed by atoms with Gasteiger partial charge in [0.15, 0.2) is 11.5 Å². The van der Waals surface area contributed by atoms with E-state index in [-0.39, 0.29) is 18.5 Å². The van der Waals surface area contributed by atoms with Crippen LogP contribution in [-0.2, 0) is 0 Å². The summed E-state index contributed by atoms with van der Waals surface area (Å²) in [6, 6.07) is 3.06. The Labute approximate surface area is 90.3 Å². The lowest BCUT2D eigenvalue weighted by molar-refractivity contribution is -0.151. The molecule has 0 aromatic heterocycles. The molecule has 0 saturated carbocycles. The highest BCUT2D eigenvalue weighted by atomic mass is 19.4. The van der Waals surface area contributed by atoms with Gasteiger partial charge in [-0.3, -0.25) is 0 Å². The molecular formula is C10H12F3NO2. The van der Waals surface area contributed by atoms with E-state index in [2.05, 4.69) is 0 Å². The second kappa shape index (κ2) is 4.61. The Morgan fingerprint density at radius 2 is 1.81 bits per heavy atom. The van der Waals surface area contributed by atoms with Crippen LogP contribution in [0.2, 0.25) is 0 Å². The first-order valence-electron chi connectivity index (χ1n) is 4.65. The highest BCUT2D eigenvalue weighted by Gasteiger charge is 2.40. The number of halogens is 3. The van der Waals surface area contributed by atoms with Gasteiger partial charge >= 0.3 is 6.18 Å². The van der Waals surface area contributed by atoms with Crippen LogP contribution in [0.25, 0.3) is 0 Å². The van der Waals surface area contributed by atoms with Crippen molar-refractivity contribution in [3.05, 3.63) is 23.8 Å². The second-order valence-electron chi connectivity index (χ2n) is 3.42. The van der Waals surface area contributed by atoms with Crippen molar-refractivity contribution >= 4 is 0 Å². The number of hydrogen-bond donors (Lipinski definition) is 3. The predicted octanol–water partition coefficient (Wildman–Crippen LogP) is 2.09. The number of benzene rings is 1. The summed E-state index contributed by atoms with van der Waals surface area (Å²) in [5.41, 5.74) is 5.02. The van der Waals surface area contributed by atoms with Crippen molar-refractivity contribution in [3.8, 4) is 11.5 Å². The summed E-state index contributed by atoms with van der Waals surface area (Å²) >= 11 is 0. The molecule has 4 N–H and O–H groups in total. The van der Waals surface area contributed by atoms with Crippen LogP contribution >= 0.6 is 0 Å². The molecule has 0 aliphatic carbocycles. The van der Waals surface area contributed by atoms with Crippen LogP contribution in [0.1, 0.15) is 17.9 Å². The Hall–Kier alpha value is -1.43. The molecule has 0 amide bonds. The summed E-state index contributed by atoms with van der Waals surface area (Å²) in [5, 5.41) is 18.1. The molecule has 0 radical (unpaired) electrons. The number of aromatic hydroxyl groups is 2. The minimum absolute atomic E-state index is 0.103. The van der Waals surface area contributed by atoms with Gasteiger partial charge in [0, 0.05) is 0 Å². The third-order valence-corrected chi connectivity index (χ3v) is 2.25. The van der Waals surface area contributed by atoms with Crippen LogP contribution in [0.15, 0.2) is 18.2 Å². The van der Waals surface area contributed by atoms with Crippen LogP contribution in [-0.4, -0.2) is 22.9 Å². The normalized spacial score (nSPS) is 13.8. The number of rotatable bonds is 3. The van der Waals surface area contributed by atoms with Gasteiger partial charge in [0.05, 0.1) is 5.92 Å². The van der Waals surface area contributed by atoms with Crippen molar-refractivity contribution in [3.63, 3.8) is 0 Å². The maximum atomic E-state index is 12.6. The van der Waals surface area contributed by atoms with Gasteiger partial charge in [0.2, 0.25) is 0 Å². The van der Waals surface area contributed by atoms with Crippen LogP contribution in [0.3, 0.4) is 0 Å². The monoisotopic (exact) mass is 235 g/mol. The summed E-state index contributed by atoms with van der Waals surface area (Å²) < 4.78 is 37.9. The molecule has 1 aromatic carbocycles. The molecular weight excluding hydrogens is 223 g/mol. The van der Waals surface area contributed by atoms with E-state index in [1.807, 2.05) is 0 Å². The summed E-state index contributed by atoms with van der Waals surface area (Å²) in [6.07, 6.45) is -4.67. The second-order valence-corrected chi connectivity index (χ2v) is 3.42. The van der Waals surface area contributed by atoms with Gasteiger partial charge in [-0.1, -0.05) is 6.07 Å². The highest BCUT2D eigenvalue weighted by molar-refractivity contribution is 5.42. The summed E-state index contributed by atoms with van der Waals surface area (Å²) in [5.74, 6) is -2.73. The molecule has 0 heterocycles. The van der Waals surface area contributed by atoms with Gasteiger partial charge in [-0.15, -0.1) is 0 Å². The topological polar surface area (TPSA) is 66.5 Å². The molecule has 0 fully saturated rings. The Balaban J connectivity index is 3.06. The van der Waals surface area contributed by atoms with Crippen LogP contribution < -0.4 is 5.73 Å². The molecule has 90 valence electrons. The average Bonchev–Trinajstić information content (AvgIpc) is 2.17. The van der Waals surface area contributed by atoms with Crippen LogP contribution in [0.5, 0.6) is 11.5 Å². The number of phenols is 2. The zero-order chi connectivity index (χ0) is 12.3. The van der Waals surface area contributed by atoms with Crippen molar-refractivity contribution in [2.75, 3.05) is 6.54 Å². The minimum Gasteiger partial charge on any atom is -0.504 e. The fourth-order valence-electron chi connectivity index (χ4n) is 1.44. The Morgan fingerprint density at radius 1 is 1.19 bits per heavy atom. The summed E-state index contributed by atoms with van der Waals surface area (Å²) in [6.45, 7) is -0.105. The van der Waals surface area contributed by atoms with E-state index in [0.717, 1.165) is 18.2 Å². The van der Waals surface area contributed by atoms with Crippen LogP contribution in [0, 0.1) is 0 Å². The molecule has 1 atom stereocenters. The SMILES string of the molecule is NCCC(c1ccc(O)c(O)c1)C(F)(F)F.